The number of rotatable bonds is 4. The maximum absolute atomic E-state index is 10.3. The highest BCUT2D eigenvalue weighted by Crippen LogP contribution is 2.39. The lowest BCUT2D eigenvalue weighted by Crippen LogP contribution is -1.94. The van der Waals surface area contributed by atoms with Gasteiger partial charge in [0.2, 0.25) is 11.9 Å². The lowest BCUT2D eigenvalue weighted by molar-refractivity contribution is 0.477. The second-order valence-electron chi connectivity index (χ2n) is 5.07. The van der Waals surface area contributed by atoms with E-state index in [0.717, 1.165) is 12.0 Å². The summed E-state index contributed by atoms with van der Waals surface area (Å²) in [6.07, 6.45) is 0.961. The van der Waals surface area contributed by atoms with Crippen LogP contribution in [0.2, 0.25) is 5.02 Å². The summed E-state index contributed by atoms with van der Waals surface area (Å²) in [4.78, 5) is 3.94. The quantitative estimate of drug-likeness (QED) is 0.584. The number of aromatic nitrogens is 3. The van der Waals surface area contributed by atoms with E-state index in [-0.39, 0.29) is 11.7 Å². The normalized spacial score (nSPS) is 10.7. The van der Waals surface area contributed by atoms with Crippen molar-refractivity contribution in [2.24, 2.45) is 0 Å². The Labute approximate surface area is 138 Å². The first-order valence-electron chi connectivity index (χ1n) is 7.13. The maximum atomic E-state index is 10.3. The molecule has 0 saturated carbocycles. The predicted octanol–water partition coefficient (Wildman–Crippen LogP) is 3.72. The predicted molar refractivity (Wildman–Crippen MR) is 92.0 cm³/mol. The Morgan fingerprint density at radius 2 is 2.00 bits per heavy atom. The van der Waals surface area contributed by atoms with Crippen molar-refractivity contribution in [3.63, 3.8) is 0 Å². The molecule has 2 aromatic carbocycles. The highest BCUT2D eigenvalue weighted by molar-refractivity contribution is 6.34. The molecule has 1 aromatic heterocycles. The molecule has 118 valence electrons. The molecule has 0 spiro atoms. The lowest BCUT2D eigenvalue weighted by Gasteiger charge is -2.11. The van der Waals surface area contributed by atoms with Crippen molar-refractivity contribution in [3.8, 4) is 16.9 Å². The summed E-state index contributed by atoms with van der Waals surface area (Å²) in [5.41, 5.74) is 8.72. The Balaban J connectivity index is 1.93. The molecule has 3 rings (SSSR count). The number of nitrogen functional groups attached to an aromatic ring is 1. The van der Waals surface area contributed by atoms with Crippen LogP contribution in [-0.2, 0) is 6.42 Å². The zero-order chi connectivity index (χ0) is 16.4. The number of aromatic hydroxyl groups is 1. The monoisotopic (exact) mass is 329 g/mol. The third-order valence-electron chi connectivity index (χ3n) is 3.48. The van der Waals surface area contributed by atoms with Crippen molar-refractivity contribution in [2.75, 3.05) is 11.1 Å². The van der Waals surface area contributed by atoms with Crippen LogP contribution in [0.1, 0.15) is 12.5 Å². The van der Waals surface area contributed by atoms with Gasteiger partial charge in [0.15, 0.2) is 0 Å². The number of halogens is 1. The lowest BCUT2D eigenvalue weighted by atomic mass is 10.0. The number of aryl methyl sites for hydroxylation is 1. The smallest absolute Gasteiger partial charge is 0.248 e. The first-order chi connectivity index (χ1) is 11.1. The minimum atomic E-state index is 0.0766. The van der Waals surface area contributed by atoms with E-state index in [4.69, 9.17) is 17.3 Å². The van der Waals surface area contributed by atoms with Gasteiger partial charge in [-0.05, 0) is 23.6 Å². The van der Waals surface area contributed by atoms with Crippen molar-refractivity contribution < 1.29 is 5.11 Å². The summed E-state index contributed by atoms with van der Waals surface area (Å²) in [5, 5.41) is 20.1. The van der Waals surface area contributed by atoms with Crippen molar-refractivity contribution in [1.82, 2.24) is 15.2 Å². The molecule has 1 heterocycles. The molecule has 7 heteroatoms. The number of hydrogen-bond donors (Lipinski definition) is 4. The highest BCUT2D eigenvalue weighted by Gasteiger charge is 2.12. The zero-order valence-corrected chi connectivity index (χ0v) is 13.2. The van der Waals surface area contributed by atoms with Crippen LogP contribution in [0.5, 0.6) is 5.75 Å². The van der Waals surface area contributed by atoms with Crippen LogP contribution >= 0.6 is 11.6 Å². The first kappa shape index (κ1) is 15.2. The average molecular weight is 330 g/mol. The van der Waals surface area contributed by atoms with Crippen molar-refractivity contribution in [1.29, 1.82) is 0 Å². The molecule has 0 aliphatic carbocycles. The minimum Gasteiger partial charge on any atom is -0.507 e. The molecule has 0 bridgehead atoms. The van der Waals surface area contributed by atoms with Crippen molar-refractivity contribution >= 4 is 29.2 Å². The summed E-state index contributed by atoms with van der Waals surface area (Å²) in [5.74, 6) is 0.584. The van der Waals surface area contributed by atoms with E-state index in [0.29, 0.717) is 22.2 Å². The number of aromatic amines is 1. The van der Waals surface area contributed by atoms with E-state index < -0.39 is 0 Å². The zero-order valence-electron chi connectivity index (χ0n) is 12.5. The van der Waals surface area contributed by atoms with E-state index in [1.54, 1.807) is 12.1 Å². The van der Waals surface area contributed by atoms with Crippen LogP contribution in [0, 0.1) is 0 Å². The highest BCUT2D eigenvalue weighted by atomic mass is 35.5. The fourth-order valence-electron chi connectivity index (χ4n) is 2.32. The Bertz CT molecular complexity index is 806. The molecule has 23 heavy (non-hydrogen) atoms. The summed E-state index contributed by atoms with van der Waals surface area (Å²) in [6.45, 7) is 2.09. The second kappa shape index (κ2) is 6.18. The Kier molecular flexibility index (Phi) is 4.08. The van der Waals surface area contributed by atoms with Crippen LogP contribution in [-0.4, -0.2) is 20.3 Å². The maximum Gasteiger partial charge on any atom is 0.248 e. The van der Waals surface area contributed by atoms with Gasteiger partial charge in [-0.2, -0.15) is 4.98 Å². The van der Waals surface area contributed by atoms with Gasteiger partial charge in [0, 0.05) is 17.3 Å². The van der Waals surface area contributed by atoms with Gasteiger partial charge in [0.1, 0.15) is 5.75 Å². The van der Waals surface area contributed by atoms with Gasteiger partial charge >= 0.3 is 0 Å². The third kappa shape index (κ3) is 3.22. The summed E-state index contributed by atoms with van der Waals surface area (Å²) in [7, 11) is 0. The van der Waals surface area contributed by atoms with Gasteiger partial charge in [-0.3, -0.25) is 0 Å². The summed E-state index contributed by atoms with van der Waals surface area (Å²) >= 11 is 6.34. The van der Waals surface area contributed by atoms with E-state index in [1.165, 1.54) is 5.56 Å². The number of benzene rings is 2. The average Bonchev–Trinajstić information content (AvgIpc) is 2.92. The molecule has 3 aromatic rings. The molecule has 0 radical (unpaired) electrons. The van der Waals surface area contributed by atoms with E-state index in [1.807, 2.05) is 24.3 Å². The molecule has 0 saturated heterocycles. The van der Waals surface area contributed by atoms with Gasteiger partial charge in [0.25, 0.3) is 0 Å². The second-order valence-corrected chi connectivity index (χ2v) is 5.48. The molecule has 0 fully saturated rings. The van der Waals surface area contributed by atoms with Gasteiger partial charge in [0.05, 0.1) is 5.02 Å². The van der Waals surface area contributed by atoms with Gasteiger partial charge in [-0.1, -0.05) is 42.8 Å². The number of nitrogens with one attached hydrogen (secondary N) is 2. The molecule has 0 aliphatic rings. The molecule has 5 N–H and O–H groups in total. The minimum absolute atomic E-state index is 0.0766. The van der Waals surface area contributed by atoms with Crippen LogP contribution < -0.4 is 11.1 Å². The molecule has 0 atom stereocenters. The van der Waals surface area contributed by atoms with Crippen LogP contribution in [0.25, 0.3) is 11.1 Å². The van der Waals surface area contributed by atoms with Crippen molar-refractivity contribution in [3.05, 3.63) is 47.0 Å². The number of H-pyrrole nitrogens is 1. The molecular weight excluding hydrogens is 314 g/mol. The summed E-state index contributed by atoms with van der Waals surface area (Å²) < 4.78 is 0. The largest absolute Gasteiger partial charge is 0.507 e. The van der Waals surface area contributed by atoms with Crippen LogP contribution in [0.3, 0.4) is 0 Å². The fourth-order valence-corrected chi connectivity index (χ4v) is 2.64. The topological polar surface area (TPSA) is 99.8 Å². The van der Waals surface area contributed by atoms with Gasteiger partial charge in [-0.25, -0.2) is 5.10 Å². The van der Waals surface area contributed by atoms with Crippen molar-refractivity contribution in [2.45, 2.75) is 13.3 Å². The van der Waals surface area contributed by atoms with Gasteiger partial charge in [-0.15, -0.1) is 5.10 Å². The van der Waals surface area contributed by atoms with E-state index in [2.05, 4.69) is 27.4 Å². The standard InChI is InChI=1S/C16H16ClN5O/c1-2-9-3-5-10(6-4-9)14-12(17)7-11(8-13(14)23)19-16-20-15(18)21-22-16/h3-8,23H,2H2,1H3,(H4,18,19,20,21,22). The molecule has 0 unspecified atom stereocenters. The fraction of sp³-hybridized carbons (Fsp3) is 0.125. The first-order valence-corrected chi connectivity index (χ1v) is 7.51. The number of phenolic OH excluding ortho intramolecular Hbond substituents is 1. The molecule has 0 aliphatic heterocycles. The summed E-state index contributed by atoms with van der Waals surface area (Å²) in [6, 6.07) is 11.2. The molecular formula is C16H16ClN5O. The van der Waals surface area contributed by atoms with Crippen LogP contribution in [0.15, 0.2) is 36.4 Å². The third-order valence-corrected chi connectivity index (χ3v) is 3.78. The Morgan fingerprint density at radius 1 is 1.26 bits per heavy atom. The number of anilines is 3. The van der Waals surface area contributed by atoms with E-state index in [9.17, 15) is 5.11 Å². The van der Waals surface area contributed by atoms with Gasteiger partial charge < -0.3 is 16.2 Å². The SMILES string of the molecule is CCc1ccc(-c2c(O)cc(Nc3n[nH]c(N)n3)cc2Cl)cc1. The molecule has 6 nitrogen and oxygen atoms in total. The molecule has 0 amide bonds. The number of nitrogens with two attached hydrogens (primary N) is 1. The number of hydrogen-bond acceptors (Lipinski definition) is 5. The van der Waals surface area contributed by atoms with Crippen LogP contribution in [0.4, 0.5) is 17.6 Å². The van der Waals surface area contributed by atoms with E-state index >= 15 is 0 Å². The number of phenols is 1. The number of nitrogens with zero attached hydrogens (tertiary/aromatic N) is 2. The Hall–Kier alpha value is -2.73. The Morgan fingerprint density at radius 3 is 2.57 bits per heavy atom.